The van der Waals surface area contributed by atoms with Crippen molar-refractivity contribution < 1.29 is 4.74 Å². The van der Waals surface area contributed by atoms with Crippen LogP contribution in [0.5, 0.6) is 5.75 Å². The molecule has 0 spiro atoms. The summed E-state index contributed by atoms with van der Waals surface area (Å²) in [5.74, 6) is 8.05. The van der Waals surface area contributed by atoms with E-state index in [2.05, 4.69) is 62.4 Å². The third kappa shape index (κ3) is 3.31. The van der Waals surface area contributed by atoms with E-state index in [0.717, 1.165) is 31.6 Å². The van der Waals surface area contributed by atoms with Crippen molar-refractivity contribution in [2.75, 3.05) is 6.54 Å². The second-order valence-corrected chi connectivity index (χ2v) is 8.14. The molecule has 2 aliphatic heterocycles. The van der Waals surface area contributed by atoms with Gasteiger partial charge in [-0.3, -0.25) is 5.84 Å². The predicted molar refractivity (Wildman–Crippen MR) is 101 cm³/mol. The van der Waals surface area contributed by atoms with Crippen molar-refractivity contribution in [2.45, 2.75) is 51.2 Å². The van der Waals surface area contributed by atoms with Gasteiger partial charge in [0.15, 0.2) is 0 Å². The molecule has 2 atom stereocenters. The molecule has 2 N–H and O–H groups in total. The minimum Gasteiger partial charge on any atom is -0.487 e. The summed E-state index contributed by atoms with van der Waals surface area (Å²) in [6.45, 7) is 5.31. The molecule has 2 heterocycles. The van der Waals surface area contributed by atoms with Crippen LogP contribution in [0.2, 0.25) is 0 Å². The summed E-state index contributed by atoms with van der Waals surface area (Å²) in [6, 6.07) is 17.6. The second-order valence-electron chi connectivity index (χ2n) is 8.14. The van der Waals surface area contributed by atoms with Gasteiger partial charge in [0.1, 0.15) is 11.4 Å². The van der Waals surface area contributed by atoms with Crippen LogP contribution in [0, 0.1) is 5.92 Å². The van der Waals surface area contributed by atoms with Crippen molar-refractivity contribution >= 4 is 0 Å². The third-order valence-electron chi connectivity index (χ3n) is 5.59. The van der Waals surface area contributed by atoms with E-state index in [9.17, 15) is 0 Å². The van der Waals surface area contributed by atoms with E-state index < -0.39 is 0 Å². The number of nitrogens with zero attached hydrogens (tertiary/aromatic N) is 1. The Morgan fingerprint density at radius 3 is 2.72 bits per heavy atom. The van der Waals surface area contributed by atoms with Crippen LogP contribution < -0.4 is 10.6 Å². The third-order valence-corrected chi connectivity index (χ3v) is 5.59. The fourth-order valence-corrected chi connectivity index (χ4v) is 4.55. The van der Waals surface area contributed by atoms with Gasteiger partial charge < -0.3 is 4.74 Å². The minimum absolute atomic E-state index is 0.0935. The van der Waals surface area contributed by atoms with Gasteiger partial charge in [-0.05, 0) is 55.7 Å². The average Bonchev–Trinajstić information content (AvgIpc) is 2.91. The molecule has 0 bridgehead atoms. The van der Waals surface area contributed by atoms with Gasteiger partial charge in [0.2, 0.25) is 0 Å². The molecule has 0 aliphatic carbocycles. The summed E-state index contributed by atoms with van der Waals surface area (Å²) in [4.78, 5) is 0. The standard InChI is InChI=1S/C22H28N2O/c1-22(2)15-19-11-6-10-18(21(19)25-22)14-17-12-7-13-24(23)20(17)16-8-4-3-5-9-16/h3-6,8-11,17,20H,7,12-15,23H2,1-2H3. The van der Waals surface area contributed by atoms with Crippen molar-refractivity contribution in [3.8, 4) is 5.75 Å². The number of rotatable bonds is 3. The molecule has 0 radical (unpaired) electrons. The van der Waals surface area contributed by atoms with Crippen LogP contribution in [0.15, 0.2) is 48.5 Å². The summed E-state index contributed by atoms with van der Waals surface area (Å²) in [5, 5.41) is 2.04. The molecule has 2 aromatic carbocycles. The fraction of sp³-hybridized carbons (Fsp3) is 0.455. The molecule has 0 saturated carbocycles. The first-order chi connectivity index (χ1) is 12.0. The van der Waals surface area contributed by atoms with Gasteiger partial charge >= 0.3 is 0 Å². The molecule has 2 aliphatic rings. The largest absolute Gasteiger partial charge is 0.487 e. The average molecular weight is 336 g/mol. The molecule has 2 aromatic rings. The van der Waals surface area contributed by atoms with Crippen LogP contribution in [-0.2, 0) is 12.8 Å². The zero-order valence-corrected chi connectivity index (χ0v) is 15.2. The highest BCUT2D eigenvalue weighted by Gasteiger charge is 2.35. The van der Waals surface area contributed by atoms with Crippen LogP contribution >= 0.6 is 0 Å². The maximum absolute atomic E-state index is 6.41. The van der Waals surface area contributed by atoms with Gasteiger partial charge in [-0.25, -0.2) is 5.01 Å². The second kappa shape index (κ2) is 6.47. The van der Waals surface area contributed by atoms with Gasteiger partial charge in [-0.2, -0.15) is 0 Å². The molecule has 3 heteroatoms. The van der Waals surface area contributed by atoms with E-state index in [1.165, 1.54) is 23.1 Å². The van der Waals surface area contributed by atoms with Crippen molar-refractivity contribution in [1.82, 2.24) is 5.01 Å². The smallest absolute Gasteiger partial charge is 0.126 e. The highest BCUT2D eigenvalue weighted by Crippen LogP contribution is 2.42. The molecule has 0 amide bonds. The topological polar surface area (TPSA) is 38.5 Å². The molecule has 1 saturated heterocycles. The molecular formula is C22H28N2O. The fourth-order valence-electron chi connectivity index (χ4n) is 4.55. The zero-order valence-electron chi connectivity index (χ0n) is 15.2. The Bertz CT molecular complexity index is 741. The van der Waals surface area contributed by atoms with Crippen molar-refractivity contribution in [3.63, 3.8) is 0 Å². The van der Waals surface area contributed by atoms with Gasteiger partial charge in [-0.1, -0.05) is 48.5 Å². The normalized spacial score (nSPS) is 25.4. The summed E-state index contributed by atoms with van der Waals surface area (Å²) >= 11 is 0. The molecule has 0 aromatic heterocycles. The summed E-state index contributed by atoms with van der Waals surface area (Å²) in [6.07, 6.45) is 4.38. The first kappa shape index (κ1) is 16.6. The molecule has 3 nitrogen and oxygen atoms in total. The van der Waals surface area contributed by atoms with Crippen LogP contribution in [-0.4, -0.2) is 17.2 Å². The van der Waals surface area contributed by atoms with Gasteiger partial charge in [0.25, 0.3) is 0 Å². The number of fused-ring (bicyclic) bond motifs is 1. The maximum Gasteiger partial charge on any atom is 0.126 e. The highest BCUT2D eigenvalue weighted by atomic mass is 16.5. The van der Waals surface area contributed by atoms with E-state index in [1.807, 2.05) is 5.01 Å². The number of hydrogen-bond acceptors (Lipinski definition) is 3. The summed E-state index contributed by atoms with van der Waals surface area (Å²) in [7, 11) is 0. The highest BCUT2D eigenvalue weighted by molar-refractivity contribution is 5.46. The molecule has 132 valence electrons. The van der Waals surface area contributed by atoms with E-state index >= 15 is 0 Å². The Balaban J connectivity index is 1.63. The van der Waals surface area contributed by atoms with E-state index in [4.69, 9.17) is 10.6 Å². The SMILES string of the molecule is CC1(C)Cc2cccc(CC3CCCN(N)C3c3ccccc3)c2O1. The lowest BCUT2D eigenvalue weighted by Gasteiger charge is -2.39. The van der Waals surface area contributed by atoms with E-state index in [0.29, 0.717) is 5.92 Å². The number of benzene rings is 2. The van der Waals surface area contributed by atoms with Crippen LogP contribution in [0.3, 0.4) is 0 Å². The van der Waals surface area contributed by atoms with Crippen LogP contribution in [0.4, 0.5) is 0 Å². The Morgan fingerprint density at radius 2 is 1.92 bits per heavy atom. The quantitative estimate of drug-likeness (QED) is 0.851. The number of ether oxygens (including phenoxy) is 1. The Kier molecular flexibility index (Phi) is 4.30. The molecule has 25 heavy (non-hydrogen) atoms. The lowest BCUT2D eigenvalue weighted by Crippen LogP contribution is -2.44. The first-order valence-corrected chi connectivity index (χ1v) is 9.39. The van der Waals surface area contributed by atoms with Gasteiger partial charge in [0, 0.05) is 13.0 Å². The van der Waals surface area contributed by atoms with Crippen molar-refractivity contribution in [2.24, 2.45) is 11.8 Å². The lowest BCUT2D eigenvalue weighted by atomic mass is 9.81. The van der Waals surface area contributed by atoms with Crippen LogP contribution in [0.25, 0.3) is 0 Å². The number of nitrogens with two attached hydrogens (primary N) is 1. The number of hydrogen-bond donors (Lipinski definition) is 1. The van der Waals surface area contributed by atoms with Crippen molar-refractivity contribution in [3.05, 3.63) is 65.2 Å². The molecule has 4 rings (SSSR count). The Hall–Kier alpha value is -1.84. The monoisotopic (exact) mass is 336 g/mol. The molecule has 2 unspecified atom stereocenters. The maximum atomic E-state index is 6.41. The van der Waals surface area contributed by atoms with E-state index in [1.54, 1.807) is 0 Å². The number of piperidine rings is 1. The first-order valence-electron chi connectivity index (χ1n) is 9.39. The number of para-hydroxylation sites is 1. The van der Waals surface area contributed by atoms with Gasteiger partial charge in [-0.15, -0.1) is 0 Å². The summed E-state index contributed by atoms with van der Waals surface area (Å²) in [5.41, 5.74) is 3.91. The minimum atomic E-state index is -0.0935. The zero-order chi connectivity index (χ0) is 17.4. The van der Waals surface area contributed by atoms with E-state index in [-0.39, 0.29) is 11.6 Å². The number of hydrazine groups is 1. The van der Waals surface area contributed by atoms with Crippen molar-refractivity contribution in [1.29, 1.82) is 0 Å². The Labute approximate surface area is 150 Å². The van der Waals surface area contributed by atoms with Crippen LogP contribution in [0.1, 0.15) is 49.4 Å². The molecule has 1 fully saturated rings. The lowest BCUT2D eigenvalue weighted by molar-refractivity contribution is 0.0909. The summed E-state index contributed by atoms with van der Waals surface area (Å²) < 4.78 is 6.29. The Morgan fingerprint density at radius 1 is 1.12 bits per heavy atom. The predicted octanol–water partition coefficient (Wildman–Crippen LogP) is 4.27. The van der Waals surface area contributed by atoms with Gasteiger partial charge in [0.05, 0.1) is 6.04 Å². The molecular weight excluding hydrogens is 308 g/mol.